The topological polar surface area (TPSA) is 0 Å². The predicted molar refractivity (Wildman–Crippen MR) is 92.7 cm³/mol. The van der Waals surface area contributed by atoms with Crippen molar-refractivity contribution in [3.63, 3.8) is 0 Å². The van der Waals surface area contributed by atoms with E-state index in [1.807, 2.05) is 0 Å². The van der Waals surface area contributed by atoms with E-state index in [1.54, 1.807) is 0 Å². The minimum atomic E-state index is -0.391. The Kier molecular flexibility index (Phi) is 5.91. The molecule has 0 aromatic heterocycles. The summed E-state index contributed by atoms with van der Waals surface area (Å²) in [4.78, 5) is 0. The monoisotopic (exact) mass is 373 g/mol. The highest BCUT2D eigenvalue weighted by Crippen LogP contribution is 2.36. The molecule has 0 bridgehead atoms. The molecule has 0 heterocycles. The minimum absolute atomic E-state index is 0.357. The summed E-state index contributed by atoms with van der Waals surface area (Å²) in [5.41, 5.74) is 2.01. The fraction of sp³-hybridized carbons (Fsp3) is 0.625. The highest BCUT2D eigenvalue weighted by Gasteiger charge is 2.32. The largest absolute Gasteiger partial charge is 0.140 e. The molecule has 1 aromatic carbocycles. The molecule has 0 fully saturated rings. The molecule has 0 nitrogen and oxygen atoms in total. The predicted octanol–water partition coefficient (Wildman–Crippen LogP) is 5.76. The lowest BCUT2D eigenvalue weighted by molar-refractivity contribution is 0.337. The summed E-state index contributed by atoms with van der Waals surface area (Å²) in [6.45, 7) is 11.9. The van der Waals surface area contributed by atoms with Crippen molar-refractivity contribution in [3.05, 3.63) is 35.9 Å². The van der Waals surface area contributed by atoms with Crippen LogP contribution in [-0.4, -0.2) is 6.29 Å². The molecule has 0 aliphatic rings. The maximum Gasteiger partial charge on any atom is 0.140 e. The summed E-state index contributed by atoms with van der Waals surface area (Å²) in [5.74, 6) is 0. The fourth-order valence-corrected chi connectivity index (χ4v) is 5.69. The van der Waals surface area contributed by atoms with Crippen LogP contribution < -0.4 is 0 Å². The zero-order valence-electron chi connectivity index (χ0n) is 12.4. The van der Waals surface area contributed by atoms with Crippen LogP contribution in [-0.2, 0) is 5.04 Å². The molecule has 0 saturated heterocycles. The first-order valence-corrected chi connectivity index (χ1v) is 11.7. The molecule has 2 heteroatoms. The van der Waals surface area contributed by atoms with Crippen molar-refractivity contribution in [2.45, 2.75) is 58.5 Å². The number of benzene rings is 1. The minimum Gasteiger partial charge on any atom is -0.120 e. The molecular formula is C16H26ISi. The van der Waals surface area contributed by atoms with Gasteiger partial charge in [0.2, 0.25) is 0 Å². The second-order valence-electron chi connectivity index (χ2n) is 6.41. The van der Waals surface area contributed by atoms with Crippen molar-refractivity contribution >= 4 is 28.1 Å². The maximum atomic E-state index is 2.75. The molecule has 0 unspecified atom stereocenters. The zero-order valence-corrected chi connectivity index (χ0v) is 15.5. The van der Waals surface area contributed by atoms with Crippen LogP contribution in [0.25, 0.3) is 0 Å². The SMILES string of the molecule is CCC(C)(C)CC[Si](I)C(C)(C)c1ccccc1. The molecule has 1 radical (unpaired) electrons. The third-order valence-corrected chi connectivity index (χ3v) is 12.1. The van der Waals surface area contributed by atoms with Gasteiger partial charge in [0.15, 0.2) is 0 Å². The lowest BCUT2D eigenvalue weighted by Gasteiger charge is -2.32. The van der Waals surface area contributed by atoms with Crippen LogP contribution in [0.5, 0.6) is 0 Å². The summed E-state index contributed by atoms with van der Waals surface area (Å²) in [6.07, 6.45) is 2.25. The molecule has 0 aliphatic heterocycles. The van der Waals surface area contributed by atoms with Crippen LogP contribution in [0.1, 0.15) is 53.0 Å². The van der Waals surface area contributed by atoms with E-state index >= 15 is 0 Å². The summed E-state index contributed by atoms with van der Waals surface area (Å²) in [7, 11) is 0. The van der Waals surface area contributed by atoms with Crippen molar-refractivity contribution in [2.75, 3.05) is 0 Å². The summed E-state index contributed by atoms with van der Waals surface area (Å²) in [5, 5.41) is 0.357. The van der Waals surface area contributed by atoms with Gasteiger partial charge in [0.25, 0.3) is 0 Å². The Morgan fingerprint density at radius 2 is 1.61 bits per heavy atom. The standard InChI is InChI=1S/C16H26ISi/c1-6-15(2,3)12-13-18(17)16(4,5)14-10-8-7-9-11-14/h7-11H,6,12-13H2,1-5H3. The number of halogens is 1. The first-order chi connectivity index (χ1) is 8.29. The average Bonchev–Trinajstić information content (AvgIpc) is 2.37. The Hall–Kier alpha value is 0.167. The Labute approximate surface area is 127 Å². The molecule has 18 heavy (non-hydrogen) atoms. The molecule has 1 aromatic rings. The first kappa shape index (κ1) is 16.2. The van der Waals surface area contributed by atoms with Gasteiger partial charge < -0.3 is 0 Å². The van der Waals surface area contributed by atoms with Gasteiger partial charge in [-0.15, -0.1) is 21.8 Å². The van der Waals surface area contributed by atoms with Crippen LogP contribution in [0.2, 0.25) is 6.04 Å². The Morgan fingerprint density at radius 3 is 2.11 bits per heavy atom. The Balaban J connectivity index is 2.69. The number of hydrogen-bond donors (Lipinski definition) is 0. The molecular weight excluding hydrogens is 347 g/mol. The van der Waals surface area contributed by atoms with Crippen molar-refractivity contribution in [3.8, 4) is 0 Å². The Morgan fingerprint density at radius 1 is 1.06 bits per heavy atom. The molecule has 0 saturated carbocycles. The fourth-order valence-electron chi connectivity index (χ4n) is 1.95. The molecule has 0 spiro atoms. The van der Waals surface area contributed by atoms with E-state index in [2.05, 4.69) is 86.7 Å². The van der Waals surface area contributed by atoms with Crippen molar-refractivity contribution in [1.29, 1.82) is 0 Å². The van der Waals surface area contributed by atoms with E-state index in [4.69, 9.17) is 0 Å². The van der Waals surface area contributed by atoms with Gasteiger partial charge in [-0.05, 0) is 28.5 Å². The van der Waals surface area contributed by atoms with E-state index < -0.39 is 6.29 Å². The van der Waals surface area contributed by atoms with Gasteiger partial charge in [0.05, 0.1) is 0 Å². The first-order valence-electron chi connectivity index (χ1n) is 6.87. The van der Waals surface area contributed by atoms with Gasteiger partial charge in [0, 0.05) is 0 Å². The normalized spacial score (nSPS) is 13.1. The molecule has 0 aliphatic carbocycles. The molecule has 0 N–H and O–H groups in total. The summed E-state index contributed by atoms with van der Waals surface area (Å²) >= 11 is 2.75. The second-order valence-corrected chi connectivity index (χ2v) is 12.9. The summed E-state index contributed by atoms with van der Waals surface area (Å²) in [6, 6.07) is 12.4. The highest BCUT2D eigenvalue weighted by molar-refractivity contribution is 14.1. The van der Waals surface area contributed by atoms with Gasteiger partial charge in [-0.25, -0.2) is 0 Å². The summed E-state index contributed by atoms with van der Waals surface area (Å²) < 4.78 is 0. The van der Waals surface area contributed by atoms with E-state index in [0.717, 1.165) is 0 Å². The van der Waals surface area contributed by atoms with E-state index in [0.29, 0.717) is 10.5 Å². The van der Waals surface area contributed by atoms with Crippen LogP contribution in [0.3, 0.4) is 0 Å². The van der Waals surface area contributed by atoms with Gasteiger partial charge in [-0.1, -0.05) is 71.4 Å². The average molecular weight is 373 g/mol. The van der Waals surface area contributed by atoms with E-state index in [1.165, 1.54) is 24.4 Å². The molecule has 1 rings (SSSR count). The van der Waals surface area contributed by atoms with Gasteiger partial charge in [0.1, 0.15) is 6.29 Å². The van der Waals surface area contributed by atoms with Crippen LogP contribution in [0, 0.1) is 5.41 Å². The zero-order chi connectivity index (χ0) is 13.8. The van der Waals surface area contributed by atoms with Crippen LogP contribution >= 0.6 is 21.8 Å². The Bertz CT molecular complexity index is 357. The third kappa shape index (κ3) is 4.37. The van der Waals surface area contributed by atoms with Crippen molar-refractivity contribution in [2.24, 2.45) is 5.41 Å². The third-order valence-electron chi connectivity index (χ3n) is 4.15. The lowest BCUT2D eigenvalue weighted by atomic mass is 9.87. The van der Waals surface area contributed by atoms with Gasteiger partial charge in [-0.3, -0.25) is 0 Å². The van der Waals surface area contributed by atoms with E-state index in [9.17, 15) is 0 Å². The number of rotatable bonds is 6. The maximum absolute atomic E-state index is 2.75. The molecule has 0 amide bonds. The lowest BCUT2D eigenvalue weighted by Crippen LogP contribution is -2.34. The van der Waals surface area contributed by atoms with Gasteiger partial charge in [-0.2, -0.15) is 0 Å². The number of hydrogen-bond acceptors (Lipinski definition) is 0. The molecule has 0 atom stereocenters. The second kappa shape index (κ2) is 6.55. The van der Waals surface area contributed by atoms with E-state index in [-0.39, 0.29) is 0 Å². The highest BCUT2D eigenvalue weighted by atomic mass is 127. The molecule has 101 valence electrons. The van der Waals surface area contributed by atoms with Crippen molar-refractivity contribution < 1.29 is 0 Å². The quantitative estimate of drug-likeness (QED) is 0.338. The van der Waals surface area contributed by atoms with Crippen LogP contribution in [0.4, 0.5) is 0 Å². The smallest absolute Gasteiger partial charge is 0.120 e. The van der Waals surface area contributed by atoms with Crippen molar-refractivity contribution in [1.82, 2.24) is 0 Å². The van der Waals surface area contributed by atoms with Gasteiger partial charge >= 0.3 is 0 Å². The van der Waals surface area contributed by atoms with Crippen LogP contribution in [0.15, 0.2) is 30.3 Å².